The van der Waals surface area contributed by atoms with Crippen LogP contribution in [0.15, 0.2) is 30.6 Å². The molecular weight excluding hydrogens is 240 g/mol. The van der Waals surface area contributed by atoms with Crippen molar-refractivity contribution in [1.82, 2.24) is 9.97 Å². The first-order valence-electron chi connectivity index (χ1n) is 6.39. The van der Waals surface area contributed by atoms with Crippen LogP contribution in [0.4, 0.5) is 5.69 Å². The maximum Gasteiger partial charge on any atom is 0.241 e. The number of benzene rings is 1. The van der Waals surface area contributed by atoms with Gasteiger partial charge in [-0.3, -0.25) is 14.8 Å². The van der Waals surface area contributed by atoms with Crippen LogP contribution < -0.4 is 11.1 Å². The molecule has 100 valence electrons. The average molecular weight is 258 g/mol. The molecule has 0 aliphatic rings. The van der Waals surface area contributed by atoms with Crippen LogP contribution in [0.3, 0.4) is 0 Å². The molecule has 5 nitrogen and oxygen atoms in total. The van der Waals surface area contributed by atoms with E-state index in [1.54, 1.807) is 24.5 Å². The van der Waals surface area contributed by atoms with Gasteiger partial charge in [-0.15, -0.1) is 0 Å². The summed E-state index contributed by atoms with van der Waals surface area (Å²) < 4.78 is 0. The predicted molar refractivity (Wildman–Crippen MR) is 75.6 cm³/mol. The van der Waals surface area contributed by atoms with E-state index in [-0.39, 0.29) is 11.8 Å². The second-order valence-corrected chi connectivity index (χ2v) is 4.66. The van der Waals surface area contributed by atoms with Gasteiger partial charge in [-0.25, -0.2) is 0 Å². The molecule has 0 saturated carbocycles. The smallest absolute Gasteiger partial charge is 0.241 e. The lowest BCUT2D eigenvalue weighted by molar-refractivity contribution is -0.118. The number of nitrogens with zero attached hydrogens (tertiary/aromatic N) is 2. The first kappa shape index (κ1) is 13.4. The molecule has 3 N–H and O–H groups in total. The second-order valence-electron chi connectivity index (χ2n) is 4.66. The molecule has 1 amide bonds. The van der Waals surface area contributed by atoms with Crippen LogP contribution in [0.5, 0.6) is 0 Å². The molecule has 0 spiro atoms. The van der Waals surface area contributed by atoms with Crippen LogP contribution >= 0.6 is 0 Å². The normalized spacial score (nSPS) is 14.1. The van der Waals surface area contributed by atoms with Gasteiger partial charge in [0.1, 0.15) is 0 Å². The Morgan fingerprint density at radius 1 is 1.32 bits per heavy atom. The van der Waals surface area contributed by atoms with Crippen molar-refractivity contribution in [2.24, 2.45) is 11.7 Å². The van der Waals surface area contributed by atoms with Crippen LogP contribution in [-0.4, -0.2) is 21.9 Å². The van der Waals surface area contributed by atoms with Crippen LogP contribution in [-0.2, 0) is 4.79 Å². The molecule has 0 fully saturated rings. The lowest BCUT2D eigenvalue weighted by Crippen LogP contribution is -2.40. The van der Waals surface area contributed by atoms with Gasteiger partial charge in [-0.1, -0.05) is 20.3 Å². The quantitative estimate of drug-likeness (QED) is 0.878. The van der Waals surface area contributed by atoms with Gasteiger partial charge in [-0.05, 0) is 24.1 Å². The number of carbonyl (C=O) groups is 1. The zero-order chi connectivity index (χ0) is 13.8. The molecule has 1 aromatic carbocycles. The fourth-order valence-electron chi connectivity index (χ4n) is 1.78. The molecule has 19 heavy (non-hydrogen) atoms. The minimum atomic E-state index is -0.498. The SMILES string of the molecule is CC[C@H](C)[C@H](N)C(=O)Nc1ccc2nccnc2c1. The standard InChI is InChI=1S/C14H18N4O/c1-3-9(2)13(15)14(19)18-10-4-5-11-12(8-10)17-7-6-16-11/h4-9,13H,3,15H2,1-2H3,(H,18,19)/t9-,13-/m0/s1. The third kappa shape index (κ3) is 3.06. The molecule has 2 atom stereocenters. The highest BCUT2D eigenvalue weighted by atomic mass is 16.2. The lowest BCUT2D eigenvalue weighted by Gasteiger charge is -2.17. The molecule has 2 aromatic rings. The van der Waals surface area contributed by atoms with Crippen LogP contribution in [0.25, 0.3) is 11.0 Å². The molecule has 0 bridgehead atoms. The number of rotatable bonds is 4. The first-order valence-corrected chi connectivity index (χ1v) is 6.39. The Morgan fingerprint density at radius 2 is 2.00 bits per heavy atom. The Bertz CT molecular complexity index is 584. The average Bonchev–Trinajstić information content (AvgIpc) is 2.45. The van der Waals surface area contributed by atoms with Gasteiger partial charge in [0.2, 0.25) is 5.91 Å². The van der Waals surface area contributed by atoms with Crippen molar-refractivity contribution in [3.05, 3.63) is 30.6 Å². The number of aromatic nitrogens is 2. The van der Waals surface area contributed by atoms with Gasteiger partial charge >= 0.3 is 0 Å². The van der Waals surface area contributed by atoms with E-state index in [9.17, 15) is 4.79 Å². The van der Waals surface area contributed by atoms with Gasteiger partial charge < -0.3 is 11.1 Å². The van der Waals surface area contributed by atoms with Gasteiger partial charge in [0.25, 0.3) is 0 Å². The highest BCUT2D eigenvalue weighted by Gasteiger charge is 2.19. The lowest BCUT2D eigenvalue weighted by atomic mass is 9.99. The molecule has 5 heteroatoms. The van der Waals surface area contributed by atoms with Crippen LogP contribution in [0.1, 0.15) is 20.3 Å². The molecule has 0 aliphatic heterocycles. The summed E-state index contributed by atoms with van der Waals surface area (Å²) >= 11 is 0. The Labute approximate surface area is 112 Å². The van der Waals surface area contributed by atoms with Gasteiger partial charge in [0.15, 0.2) is 0 Å². The monoisotopic (exact) mass is 258 g/mol. The molecule has 1 aromatic heterocycles. The summed E-state index contributed by atoms with van der Waals surface area (Å²) in [5.41, 5.74) is 8.13. The van der Waals surface area contributed by atoms with E-state index >= 15 is 0 Å². The van der Waals surface area contributed by atoms with Gasteiger partial charge in [0.05, 0.1) is 17.1 Å². The number of hydrogen-bond donors (Lipinski definition) is 2. The number of anilines is 1. The first-order chi connectivity index (χ1) is 9.11. The molecule has 0 saturated heterocycles. The maximum absolute atomic E-state index is 12.0. The molecule has 0 unspecified atom stereocenters. The molecule has 1 heterocycles. The van der Waals surface area contributed by atoms with Crippen molar-refractivity contribution < 1.29 is 4.79 Å². The summed E-state index contributed by atoms with van der Waals surface area (Å²) in [6.45, 7) is 3.99. The number of nitrogens with one attached hydrogen (secondary N) is 1. The third-order valence-corrected chi connectivity index (χ3v) is 3.30. The van der Waals surface area contributed by atoms with Gasteiger partial charge in [-0.2, -0.15) is 0 Å². The summed E-state index contributed by atoms with van der Waals surface area (Å²) in [5.74, 6) is -0.0159. The van der Waals surface area contributed by atoms with E-state index < -0.39 is 6.04 Å². The van der Waals surface area contributed by atoms with E-state index in [0.717, 1.165) is 17.5 Å². The van der Waals surface area contributed by atoms with Crippen molar-refractivity contribution in [2.45, 2.75) is 26.3 Å². The Kier molecular flexibility index (Phi) is 4.06. The molecular formula is C14H18N4O. The van der Waals surface area contributed by atoms with Crippen molar-refractivity contribution in [2.75, 3.05) is 5.32 Å². The minimum Gasteiger partial charge on any atom is -0.325 e. The Balaban J connectivity index is 2.15. The highest BCUT2D eigenvalue weighted by Crippen LogP contribution is 2.16. The Hall–Kier alpha value is -2.01. The Morgan fingerprint density at radius 3 is 2.68 bits per heavy atom. The zero-order valence-corrected chi connectivity index (χ0v) is 11.1. The third-order valence-electron chi connectivity index (χ3n) is 3.30. The molecule has 0 aliphatic carbocycles. The maximum atomic E-state index is 12.0. The number of fused-ring (bicyclic) bond motifs is 1. The summed E-state index contributed by atoms with van der Waals surface area (Å²) in [7, 11) is 0. The van der Waals surface area contributed by atoms with Crippen molar-refractivity contribution in [1.29, 1.82) is 0 Å². The summed E-state index contributed by atoms with van der Waals surface area (Å²) in [5, 5.41) is 2.82. The molecule has 0 radical (unpaired) electrons. The van der Waals surface area contributed by atoms with E-state index in [1.807, 2.05) is 19.9 Å². The van der Waals surface area contributed by atoms with Crippen molar-refractivity contribution in [3.8, 4) is 0 Å². The van der Waals surface area contributed by atoms with E-state index in [2.05, 4.69) is 15.3 Å². The predicted octanol–water partition coefficient (Wildman–Crippen LogP) is 1.94. The molecule has 2 rings (SSSR count). The number of hydrogen-bond acceptors (Lipinski definition) is 4. The zero-order valence-electron chi connectivity index (χ0n) is 11.1. The summed E-state index contributed by atoms with van der Waals surface area (Å²) in [6, 6.07) is 4.93. The highest BCUT2D eigenvalue weighted by molar-refractivity contribution is 5.96. The van der Waals surface area contributed by atoms with Crippen molar-refractivity contribution in [3.63, 3.8) is 0 Å². The fourth-order valence-corrected chi connectivity index (χ4v) is 1.78. The van der Waals surface area contributed by atoms with E-state index in [1.165, 1.54) is 0 Å². The van der Waals surface area contributed by atoms with Crippen molar-refractivity contribution >= 4 is 22.6 Å². The van der Waals surface area contributed by atoms with E-state index in [0.29, 0.717) is 5.69 Å². The number of amides is 1. The van der Waals surface area contributed by atoms with Crippen LogP contribution in [0, 0.1) is 5.92 Å². The number of nitrogens with two attached hydrogens (primary N) is 1. The second kappa shape index (κ2) is 5.75. The van der Waals surface area contributed by atoms with Crippen LogP contribution in [0.2, 0.25) is 0 Å². The topological polar surface area (TPSA) is 80.9 Å². The number of carbonyl (C=O) groups excluding carboxylic acids is 1. The minimum absolute atomic E-state index is 0.153. The van der Waals surface area contributed by atoms with E-state index in [4.69, 9.17) is 5.73 Å². The van der Waals surface area contributed by atoms with Gasteiger partial charge in [0, 0.05) is 18.1 Å². The summed E-state index contributed by atoms with van der Waals surface area (Å²) in [6.07, 6.45) is 4.13. The fraction of sp³-hybridized carbons (Fsp3) is 0.357. The summed E-state index contributed by atoms with van der Waals surface area (Å²) in [4.78, 5) is 20.4. The largest absolute Gasteiger partial charge is 0.325 e.